The molecule has 6 nitrogen and oxygen atoms in total. The predicted octanol–water partition coefficient (Wildman–Crippen LogP) is 2.49. The SMILES string of the molecule is CC(c1ccc(F)c(F)c1)N(C)C(=O)Cn1c(=O)oc2cccnc21. The summed E-state index contributed by atoms with van der Waals surface area (Å²) in [5.74, 6) is -3.01. The number of amides is 1. The summed E-state index contributed by atoms with van der Waals surface area (Å²) in [7, 11) is 1.52. The Balaban J connectivity index is 1.83. The zero-order valence-electron chi connectivity index (χ0n) is 13.6. The molecule has 3 rings (SSSR count). The monoisotopic (exact) mass is 347 g/mol. The zero-order chi connectivity index (χ0) is 18.1. The van der Waals surface area contributed by atoms with E-state index in [-0.39, 0.29) is 17.8 Å². The second-order valence-electron chi connectivity index (χ2n) is 5.63. The molecule has 1 atom stereocenters. The Labute approximate surface area is 141 Å². The molecular formula is C17H15F2N3O3. The van der Waals surface area contributed by atoms with Gasteiger partial charge in [0.15, 0.2) is 22.9 Å². The van der Waals surface area contributed by atoms with Crippen LogP contribution in [0.4, 0.5) is 8.78 Å². The minimum Gasteiger partial charge on any atom is -0.406 e. The van der Waals surface area contributed by atoms with Crippen molar-refractivity contribution in [2.75, 3.05) is 7.05 Å². The van der Waals surface area contributed by atoms with Crippen LogP contribution < -0.4 is 5.76 Å². The number of nitrogens with zero attached hydrogens (tertiary/aromatic N) is 3. The number of oxazole rings is 1. The van der Waals surface area contributed by atoms with Crippen LogP contribution in [0.15, 0.2) is 45.7 Å². The number of carbonyl (C=O) groups is 1. The number of halogens is 2. The molecule has 3 aromatic rings. The number of aromatic nitrogens is 2. The van der Waals surface area contributed by atoms with E-state index in [4.69, 9.17) is 4.42 Å². The number of hydrogen-bond donors (Lipinski definition) is 0. The molecule has 0 bridgehead atoms. The van der Waals surface area contributed by atoms with E-state index < -0.39 is 29.3 Å². The van der Waals surface area contributed by atoms with E-state index in [2.05, 4.69) is 4.98 Å². The minimum absolute atomic E-state index is 0.270. The van der Waals surface area contributed by atoms with Gasteiger partial charge >= 0.3 is 5.76 Å². The van der Waals surface area contributed by atoms with Gasteiger partial charge < -0.3 is 9.32 Å². The summed E-state index contributed by atoms with van der Waals surface area (Å²) in [5.41, 5.74) is 1.00. The van der Waals surface area contributed by atoms with Gasteiger partial charge in [-0.1, -0.05) is 6.07 Å². The molecule has 0 aliphatic heterocycles. The van der Waals surface area contributed by atoms with Gasteiger partial charge in [-0.25, -0.2) is 23.1 Å². The average Bonchev–Trinajstić information content (AvgIpc) is 2.91. The molecule has 0 spiro atoms. The molecule has 1 aromatic carbocycles. The van der Waals surface area contributed by atoms with Crippen molar-refractivity contribution in [3.05, 3.63) is 64.3 Å². The summed E-state index contributed by atoms with van der Waals surface area (Å²) < 4.78 is 32.6. The minimum atomic E-state index is -0.980. The van der Waals surface area contributed by atoms with Crippen LogP contribution >= 0.6 is 0 Å². The molecule has 0 fully saturated rings. The molecule has 0 saturated heterocycles. The van der Waals surface area contributed by atoms with Crippen molar-refractivity contribution in [3.63, 3.8) is 0 Å². The van der Waals surface area contributed by atoms with E-state index in [1.165, 1.54) is 24.2 Å². The van der Waals surface area contributed by atoms with Gasteiger partial charge in [0.25, 0.3) is 0 Å². The number of rotatable bonds is 4. The van der Waals surface area contributed by atoms with Crippen LogP contribution in [-0.2, 0) is 11.3 Å². The number of likely N-dealkylation sites (N-methyl/N-ethyl adjacent to an activating group) is 1. The molecule has 2 heterocycles. The molecule has 2 aromatic heterocycles. The number of hydrogen-bond acceptors (Lipinski definition) is 4. The van der Waals surface area contributed by atoms with Crippen LogP contribution in [-0.4, -0.2) is 27.4 Å². The number of benzene rings is 1. The highest BCUT2D eigenvalue weighted by molar-refractivity contribution is 5.78. The first kappa shape index (κ1) is 16.8. The van der Waals surface area contributed by atoms with E-state index >= 15 is 0 Å². The third kappa shape index (κ3) is 3.15. The third-order valence-electron chi connectivity index (χ3n) is 4.12. The zero-order valence-corrected chi connectivity index (χ0v) is 13.6. The Morgan fingerprint density at radius 1 is 1.32 bits per heavy atom. The van der Waals surface area contributed by atoms with Gasteiger partial charge in [0.1, 0.15) is 6.54 Å². The Kier molecular flexibility index (Phi) is 4.35. The largest absolute Gasteiger partial charge is 0.421 e. The predicted molar refractivity (Wildman–Crippen MR) is 85.8 cm³/mol. The Bertz CT molecular complexity index is 996. The smallest absolute Gasteiger partial charge is 0.406 e. The lowest BCUT2D eigenvalue weighted by atomic mass is 10.1. The topological polar surface area (TPSA) is 68.3 Å². The summed E-state index contributed by atoms with van der Waals surface area (Å²) in [6.45, 7) is 1.41. The first-order valence-electron chi connectivity index (χ1n) is 7.53. The fraction of sp³-hybridized carbons (Fsp3) is 0.235. The molecule has 1 unspecified atom stereocenters. The van der Waals surface area contributed by atoms with Crippen molar-refractivity contribution in [3.8, 4) is 0 Å². The average molecular weight is 347 g/mol. The molecule has 25 heavy (non-hydrogen) atoms. The van der Waals surface area contributed by atoms with E-state index in [1.807, 2.05) is 0 Å². The first-order valence-corrected chi connectivity index (χ1v) is 7.53. The van der Waals surface area contributed by atoms with Gasteiger partial charge in [0, 0.05) is 13.2 Å². The van der Waals surface area contributed by atoms with Crippen molar-refractivity contribution in [2.24, 2.45) is 0 Å². The lowest BCUT2D eigenvalue weighted by molar-refractivity contribution is -0.132. The van der Waals surface area contributed by atoms with Crippen LogP contribution in [0.1, 0.15) is 18.5 Å². The summed E-state index contributed by atoms with van der Waals surface area (Å²) >= 11 is 0. The van der Waals surface area contributed by atoms with Crippen molar-refractivity contribution in [1.82, 2.24) is 14.5 Å². The van der Waals surface area contributed by atoms with Crippen LogP contribution in [0, 0.1) is 11.6 Å². The number of fused-ring (bicyclic) bond motifs is 1. The van der Waals surface area contributed by atoms with Crippen molar-refractivity contribution in [1.29, 1.82) is 0 Å². The normalized spacial score (nSPS) is 12.3. The van der Waals surface area contributed by atoms with Crippen molar-refractivity contribution < 1.29 is 18.0 Å². The van der Waals surface area contributed by atoms with E-state index in [0.717, 1.165) is 16.7 Å². The molecule has 0 saturated carbocycles. The van der Waals surface area contributed by atoms with Crippen LogP contribution in [0.5, 0.6) is 0 Å². The van der Waals surface area contributed by atoms with Crippen LogP contribution in [0.25, 0.3) is 11.2 Å². The maximum absolute atomic E-state index is 13.4. The quantitative estimate of drug-likeness (QED) is 0.727. The lowest BCUT2D eigenvalue weighted by Crippen LogP contribution is -2.34. The van der Waals surface area contributed by atoms with Crippen LogP contribution in [0.2, 0.25) is 0 Å². The molecule has 130 valence electrons. The number of carbonyl (C=O) groups excluding carboxylic acids is 1. The van der Waals surface area contributed by atoms with E-state index in [9.17, 15) is 18.4 Å². The van der Waals surface area contributed by atoms with Gasteiger partial charge in [-0.15, -0.1) is 0 Å². The molecule has 0 radical (unpaired) electrons. The fourth-order valence-electron chi connectivity index (χ4n) is 2.50. The maximum atomic E-state index is 13.4. The highest BCUT2D eigenvalue weighted by atomic mass is 19.2. The number of pyridine rings is 1. The second kappa shape index (κ2) is 6.46. The summed E-state index contributed by atoms with van der Waals surface area (Å²) in [6, 6.07) is 6.16. The molecule has 1 amide bonds. The lowest BCUT2D eigenvalue weighted by Gasteiger charge is -2.25. The third-order valence-corrected chi connectivity index (χ3v) is 4.12. The first-order chi connectivity index (χ1) is 11.9. The van der Waals surface area contributed by atoms with Gasteiger partial charge in [0.2, 0.25) is 5.91 Å². The molecule has 8 heteroatoms. The maximum Gasteiger partial charge on any atom is 0.421 e. The second-order valence-corrected chi connectivity index (χ2v) is 5.63. The van der Waals surface area contributed by atoms with Crippen LogP contribution in [0.3, 0.4) is 0 Å². The highest BCUT2D eigenvalue weighted by Crippen LogP contribution is 2.21. The van der Waals surface area contributed by atoms with Gasteiger partial charge in [-0.05, 0) is 36.8 Å². The Morgan fingerprint density at radius 3 is 2.80 bits per heavy atom. The van der Waals surface area contributed by atoms with Gasteiger partial charge in [-0.3, -0.25) is 4.79 Å². The van der Waals surface area contributed by atoms with Crippen molar-refractivity contribution in [2.45, 2.75) is 19.5 Å². The standard InChI is InChI=1S/C17H15F2N3O3/c1-10(11-5-6-12(18)13(19)8-11)21(2)15(23)9-22-16-14(25-17(22)24)4-3-7-20-16/h3-8,10H,9H2,1-2H3. The highest BCUT2D eigenvalue weighted by Gasteiger charge is 2.21. The van der Waals surface area contributed by atoms with Gasteiger partial charge in [-0.2, -0.15) is 0 Å². The molecule has 0 N–H and O–H groups in total. The molecule has 0 aliphatic rings. The van der Waals surface area contributed by atoms with Gasteiger partial charge in [0.05, 0.1) is 6.04 Å². The summed E-state index contributed by atoms with van der Waals surface area (Å²) in [6.07, 6.45) is 1.49. The van der Waals surface area contributed by atoms with Crippen molar-refractivity contribution >= 4 is 17.1 Å². The Morgan fingerprint density at radius 2 is 2.08 bits per heavy atom. The summed E-state index contributed by atoms with van der Waals surface area (Å²) in [4.78, 5) is 29.8. The molecule has 0 aliphatic carbocycles. The Hall–Kier alpha value is -3.03. The van der Waals surface area contributed by atoms with E-state index in [0.29, 0.717) is 5.56 Å². The van der Waals surface area contributed by atoms with E-state index in [1.54, 1.807) is 19.1 Å². The summed E-state index contributed by atoms with van der Waals surface area (Å²) in [5, 5.41) is 0. The molecular weight excluding hydrogens is 332 g/mol. The fourth-order valence-corrected chi connectivity index (χ4v) is 2.50.